The van der Waals surface area contributed by atoms with E-state index >= 15 is 0 Å². The number of benzene rings is 2. The van der Waals surface area contributed by atoms with E-state index in [2.05, 4.69) is 25.1 Å². The van der Waals surface area contributed by atoms with Gasteiger partial charge in [0, 0.05) is 45.0 Å². The molecule has 2 aromatic carbocycles. The van der Waals surface area contributed by atoms with Crippen LogP contribution in [0.25, 0.3) is 16.6 Å². The predicted molar refractivity (Wildman–Crippen MR) is 156 cm³/mol. The molecule has 2 aliphatic rings. The van der Waals surface area contributed by atoms with Crippen molar-refractivity contribution in [1.29, 1.82) is 0 Å². The van der Waals surface area contributed by atoms with Gasteiger partial charge in [-0.2, -0.15) is 4.98 Å². The average molecular weight is 578 g/mol. The Bertz CT molecular complexity index is 1830. The van der Waals surface area contributed by atoms with E-state index in [-0.39, 0.29) is 21.5 Å². The summed E-state index contributed by atoms with van der Waals surface area (Å²) in [5.74, 6) is 0.189. The van der Waals surface area contributed by atoms with E-state index in [4.69, 9.17) is 0 Å². The van der Waals surface area contributed by atoms with Gasteiger partial charge >= 0.3 is 0 Å². The standard InChI is InChI=1S/C29H35N7O4S/c1-19-7-10-24(20(2)17-19)41(39,40)27-25-30-26(37)22-9-8-21(18-23(22)36(25)32-31-27)33-13-15-35(16-14-33)29(3,4)28(38)34-11-5-6-12-34/h7-10,17-18,32H,5-6,11-16H2,1-4H3. The van der Waals surface area contributed by atoms with Crippen molar-refractivity contribution in [3.8, 4) is 0 Å². The van der Waals surface area contributed by atoms with Crippen molar-refractivity contribution < 1.29 is 13.2 Å². The molecular formula is C29H35N7O4S. The first kappa shape index (κ1) is 27.4. The van der Waals surface area contributed by atoms with Crippen LogP contribution in [0.3, 0.4) is 0 Å². The van der Waals surface area contributed by atoms with Crippen LogP contribution in [-0.4, -0.2) is 88.7 Å². The Kier molecular flexibility index (Phi) is 6.65. The van der Waals surface area contributed by atoms with Gasteiger partial charge in [0.05, 0.1) is 21.3 Å². The fourth-order valence-corrected chi connectivity index (χ4v) is 7.62. The third kappa shape index (κ3) is 4.58. The number of fused-ring (bicyclic) bond motifs is 3. The van der Waals surface area contributed by atoms with Gasteiger partial charge in [0.15, 0.2) is 5.65 Å². The summed E-state index contributed by atoms with van der Waals surface area (Å²) in [7, 11) is -4.03. The number of nitrogens with one attached hydrogen (secondary N) is 1. The molecule has 2 fully saturated rings. The average Bonchev–Trinajstić information content (AvgIpc) is 3.63. The summed E-state index contributed by atoms with van der Waals surface area (Å²) in [6.07, 6.45) is 2.14. The van der Waals surface area contributed by atoms with Gasteiger partial charge in [-0.25, -0.2) is 18.1 Å². The summed E-state index contributed by atoms with van der Waals surface area (Å²) in [5.41, 5.74) is 1.82. The minimum absolute atomic E-state index is 0.0355. The van der Waals surface area contributed by atoms with Crippen molar-refractivity contribution in [3.63, 3.8) is 0 Å². The quantitative estimate of drug-likeness (QED) is 0.384. The second kappa shape index (κ2) is 9.95. The van der Waals surface area contributed by atoms with E-state index in [1.807, 2.05) is 37.8 Å². The maximum absolute atomic E-state index is 13.6. The molecule has 0 aliphatic carbocycles. The first-order valence-corrected chi connectivity index (χ1v) is 15.5. The number of hydrogen-bond acceptors (Lipinski definition) is 8. The number of aromatic nitrogens is 4. The Balaban J connectivity index is 1.31. The van der Waals surface area contributed by atoms with Crippen molar-refractivity contribution in [2.45, 2.75) is 56.0 Å². The third-order valence-electron chi connectivity index (χ3n) is 8.54. The number of anilines is 1. The first-order chi connectivity index (χ1) is 19.5. The van der Waals surface area contributed by atoms with Crippen molar-refractivity contribution >= 4 is 38.0 Å². The van der Waals surface area contributed by atoms with Gasteiger partial charge in [0.1, 0.15) is 0 Å². The topological polar surface area (TPSA) is 124 Å². The van der Waals surface area contributed by atoms with Gasteiger partial charge in [0.2, 0.25) is 20.8 Å². The van der Waals surface area contributed by atoms with Crippen LogP contribution in [0.1, 0.15) is 37.8 Å². The molecule has 0 bridgehead atoms. The number of aryl methyl sites for hydroxylation is 2. The number of aromatic amines is 1. The molecule has 0 atom stereocenters. The van der Waals surface area contributed by atoms with Crippen LogP contribution in [-0.2, 0) is 14.6 Å². The lowest BCUT2D eigenvalue weighted by Crippen LogP contribution is -2.61. The van der Waals surface area contributed by atoms with E-state index in [1.165, 1.54) is 4.52 Å². The molecule has 0 unspecified atom stereocenters. The van der Waals surface area contributed by atoms with Gasteiger partial charge in [-0.3, -0.25) is 14.5 Å². The minimum atomic E-state index is -4.03. The second-order valence-corrected chi connectivity index (χ2v) is 13.4. The van der Waals surface area contributed by atoms with Crippen LogP contribution in [0.5, 0.6) is 0 Å². The zero-order chi connectivity index (χ0) is 29.1. The number of carbonyl (C=O) groups is 1. The first-order valence-electron chi connectivity index (χ1n) is 14.0. The Morgan fingerprint density at radius 3 is 2.34 bits per heavy atom. The highest BCUT2D eigenvalue weighted by Crippen LogP contribution is 2.29. The molecule has 0 spiro atoms. The van der Waals surface area contributed by atoms with Crippen molar-refractivity contribution in [3.05, 3.63) is 57.9 Å². The summed E-state index contributed by atoms with van der Waals surface area (Å²) in [4.78, 5) is 36.9. The van der Waals surface area contributed by atoms with E-state index in [9.17, 15) is 18.0 Å². The lowest BCUT2D eigenvalue weighted by Gasteiger charge is -2.44. The van der Waals surface area contributed by atoms with E-state index < -0.39 is 20.9 Å². The Morgan fingerprint density at radius 2 is 1.66 bits per heavy atom. The van der Waals surface area contributed by atoms with Gasteiger partial charge in [0.25, 0.3) is 5.56 Å². The molecule has 1 amide bonds. The van der Waals surface area contributed by atoms with Crippen LogP contribution in [0.2, 0.25) is 0 Å². The number of H-pyrrole nitrogens is 1. The summed E-state index contributed by atoms with van der Waals surface area (Å²) >= 11 is 0. The molecule has 11 nitrogen and oxygen atoms in total. The number of amides is 1. The van der Waals surface area contributed by atoms with Crippen molar-refractivity contribution in [1.82, 2.24) is 29.6 Å². The molecule has 12 heteroatoms. The summed E-state index contributed by atoms with van der Waals surface area (Å²) in [6.45, 7) is 12.2. The lowest BCUT2D eigenvalue weighted by molar-refractivity contribution is -0.141. The highest BCUT2D eigenvalue weighted by Gasteiger charge is 2.39. The molecule has 0 saturated carbocycles. The number of sulfone groups is 1. The highest BCUT2D eigenvalue weighted by molar-refractivity contribution is 7.91. The normalized spacial score (nSPS) is 17.2. The van der Waals surface area contributed by atoms with E-state index in [1.54, 1.807) is 31.2 Å². The van der Waals surface area contributed by atoms with Gasteiger partial charge in [-0.1, -0.05) is 17.7 Å². The second-order valence-electron chi connectivity index (χ2n) is 11.6. The van der Waals surface area contributed by atoms with Gasteiger partial charge < -0.3 is 9.80 Å². The zero-order valence-electron chi connectivity index (χ0n) is 23.8. The van der Waals surface area contributed by atoms with Crippen molar-refractivity contribution in [2.75, 3.05) is 44.2 Å². The van der Waals surface area contributed by atoms with Crippen molar-refractivity contribution in [2.24, 2.45) is 0 Å². The number of carbonyl (C=O) groups excluding carboxylic acids is 1. The fraction of sp³-hybridized carbons (Fsp3) is 0.448. The Labute approximate surface area is 238 Å². The molecule has 0 radical (unpaired) electrons. The molecule has 1 N–H and O–H groups in total. The van der Waals surface area contributed by atoms with E-state index in [0.29, 0.717) is 29.6 Å². The van der Waals surface area contributed by atoms with E-state index in [0.717, 1.165) is 50.3 Å². The van der Waals surface area contributed by atoms with Crippen LogP contribution in [0.15, 0.2) is 51.1 Å². The number of nitrogens with zero attached hydrogens (tertiary/aromatic N) is 6. The number of rotatable bonds is 5. The van der Waals surface area contributed by atoms with Crippen LogP contribution >= 0.6 is 0 Å². The molecule has 2 aliphatic heterocycles. The number of hydrogen-bond donors (Lipinski definition) is 1. The number of likely N-dealkylation sites (tertiary alicyclic amines) is 1. The highest BCUT2D eigenvalue weighted by atomic mass is 32.2. The maximum Gasteiger partial charge on any atom is 0.281 e. The Hall–Kier alpha value is -3.77. The molecule has 4 aromatic rings. The summed E-state index contributed by atoms with van der Waals surface area (Å²) in [6, 6.07) is 10.6. The molecular weight excluding hydrogens is 542 g/mol. The van der Waals surface area contributed by atoms with Crippen LogP contribution in [0.4, 0.5) is 5.69 Å². The maximum atomic E-state index is 13.6. The van der Waals surface area contributed by atoms with Gasteiger partial charge in [-0.05, 0) is 70.4 Å². The summed E-state index contributed by atoms with van der Waals surface area (Å²) < 4.78 is 28.6. The monoisotopic (exact) mass is 577 g/mol. The zero-order valence-corrected chi connectivity index (χ0v) is 24.7. The predicted octanol–water partition coefficient (Wildman–Crippen LogP) is 2.54. The number of piperazine rings is 1. The minimum Gasteiger partial charge on any atom is -0.369 e. The molecule has 2 saturated heterocycles. The Morgan fingerprint density at radius 1 is 0.951 bits per heavy atom. The third-order valence-corrected chi connectivity index (χ3v) is 10.4. The fourth-order valence-electron chi connectivity index (χ4n) is 6.14. The smallest absolute Gasteiger partial charge is 0.281 e. The lowest BCUT2D eigenvalue weighted by atomic mass is 9.99. The SMILES string of the molecule is Cc1ccc(S(=O)(=O)c2n[nH]n3c2nc(=O)c2ccc(N4CCN(C(C)(C)C(=O)N5CCCC5)CC4)cc23)c(C)c1. The molecule has 2 aromatic heterocycles. The molecule has 6 rings (SSSR count). The largest absolute Gasteiger partial charge is 0.369 e. The molecule has 216 valence electrons. The van der Waals surface area contributed by atoms with Gasteiger partial charge in [-0.15, -0.1) is 5.10 Å². The molecule has 41 heavy (non-hydrogen) atoms. The molecule has 4 heterocycles. The summed E-state index contributed by atoms with van der Waals surface area (Å²) in [5, 5.41) is 6.97. The van der Waals surface area contributed by atoms with Crippen LogP contribution < -0.4 is 10.5 Å². The van der Waals surface area contributed by atoms with Crippen LogP contribution in [0, 0.1) is 13.8 Å².